The number of carbonyl (C=O) groups excluding carboxylic acids is 1. The predicted molar refractivity (Wildman–Crippen MR) is 52.4 cm³/mol. The van der Waals surface area contributed by atoms with Gasteiger partial charge in [-0.1, -0.05) is 0 Å². The molecule has 4 heteroatoms. The van der Waals surface area contributed by atoms with Gasteiger partial charge < -0.3 is 10.0 Å². The Kier molecular flexibility index (Phi) is 7.29. The van der Waals surface area contributed by atoms with Crippen LogP contribution in [-0.4, -0.2) is 41.4 Å². The van der Waals surface area contributed by atoms with Crippen molar-refractivity contribution in [2.45, 2.75) is 19.8 Å². The summed E-state index contributed by atoms with van der Waals surface area (Å²) < 4.78 is 0. The topological polar surface area (TPSA) is 40.5 Å². The predicted octanol–water partition coefficient (Wildman–Crippen LogP) is 0.537. The summed E-state index contributed by atoms with van der Waals surface area (Å²) in [5, 5.41) is 8.57. The molecule has 0 aliphatic rings. The van der Waals surface area contributed by atoms with E-state index in [2.05, 4.69) is 12.6 Å². The summed E-state index contributed by atoms with van der Waals surface area (Å²) in [6, 6.07) is 0. The average molecular weight is 191 g/mol. The van der Waals surface area contributed by atoms with Gasteiger partial charge in [-0.05, 0) is 19.1 Å². The molecule has 3 nitrogen and oxygen atoms in total. The number of aliphatic hydroxyl groups is 1. The van der Waals surface area contributed by atoms with E-state index in [1.807, 2.05) is 6.92 Å². The van der Waals surface area contributed by atoms with E-state index in [0.29, 0.717) is 31.7 Å². The molecule has 0 aliphatic carbocycles. The fourth-order valence-electron chi connectivity index (χ4n) is 0.974. The third-order valence-corrected chi connectivity index (χ3v) is 1.87. The number of carbonyl (C=O) groups is 1. The van der Waals surface area contributed by atoms with Gasteiger partial charge in [0, 0.05) is 26.1 Å². The lowest BCUT2D eigenvalue weighted by atomic mass is 10.3. The van der Waals surface area contributed by atoms with Gasteiger partial charge >= 0.3 is 0 Å². The Morgan fingerprint density at radius 1 is 1.58 bits per heavy atom. The molecule has 0 spiro atoms. The average Bonchev–Trinajstić information content (AvgIpc) is 2.06. The number of amides is 1. The Bertz CT molecular complexity index is 130. The fraction of sp³-hybridized carbons (Fsp3) is 0.875. The van der Waals surface area contributed by atoms with Crippen LogP contribution in [0.5, 0.6) is 0 Å². The van der Waals surface area contributed by atoms with E-state index >= 15 is 0 Å². The van der Waals surface area contributed by atoms with Gasteiger partial charge in [0.05, 0.1) is 0 Å². The summed E-state index contributed by atoms with van der Waals surface area (Å²) in [6.45, 7) is 3.45. The molecule has 0 rings (SSSR count). The van der Waals surface area contributed by atoms with E-state index in [4.69, 9.17) is 5.11 Å². The monoisotopic (exact) mass is 191 g/mol. The molecule has 0 aromatic carbocycles. The highest BCUT2D eigenvalue weighted by atomic mass is 32.1. The van der Waals surface area contributed by atoms with Crippen LogP contribution in [0.15, 0.2) is 0 Å². The van der Waals surface area contributed by atoms with Crippen molar-refractivity contribution in [3.63, 3.8) is 0 Å². The van der Waals surface area contributed by atoms with Crippen LogP contribution in [0.1, 0.15) is 19.8 Å². The summed E-state index contributed by atoms with van der Waals surface area (Å²) in [6.07, 6.45) is 1.15. The van der Waals surface area contributed by atoms with Crippen molar-refractivity contribution in [3.05, 3.63) is 0 Å². The highest BCUT2D eigenvalue weighted by molar-refractivity contribution is 7.80. The molecule has 0 aliphatic heterocycles. The Labute approximate surface area is 79.2 Å². The van der Waals surface area contributed by atoms with E-state index in [1.54, 1.807) is 4.90 Å². The van der Waals surface area contributed by atoms with Crippen LogP contribution in [0.25, 0.3) is 0 Å². The Morgan fingerprint density at radius 3 is 2.67 bits per heavy atom. The van der Waals surface area contributed by atoms with Crippen LogP contribution in [0, 0.1) is 0 Å². The summed E-state index contributed by atoms with van der Waals surface area (Å²) in [7, 11) is 0. The molecular weight excluding hydrogens is 174 g/mol. The zero-order valence-corrected chi connectivity index (χ0v) is 8.39. The quantitative estimate of drug-likeness (QED) is 0.602. The molecule has 0 atom stereocenters. The van der Waals surface area contributed by atoms with E-state index in [9.17, 15) is 4.79 Å². The highest BCUT2D eigenvalue weighted by Crippen LogP contribution is 1.97. The van der Waals surface area contributed by atoms with Gasteiger partial charge in [0.25, 0.3) is 0 Å². The summed E-state index contributed by atoms with van der Waals surface area (Å²) in [5.41, 5.74) is 0. The highest BCUT2D eigenvalue weighted by Gasteiger charge is 2.08. The van der Waals surface area contributed by atoms with Crippen molar-refractivity contribution in [1.29, 1.82) is 0 Å². The normalized spacial score (nSPS) is 9.92. The van der Waals surface area contributed by atoms with Gasteiger partial charge in [-0.2, -0.15) is 12.6 Å². The van der Waals surface area contributed by atoms with Crippen molar-refractivity contribution in [3.8, 4) is 0 Å². The first-order valence-electron chi connectivity index (χ1n) is 4.25. The van der Waals surface area contributed by atoms with Gasteiger partial charge in [-0.15, -0.1) is 0 Å². The molecule has 0 aromatic rings. The second-order valence-electron chi connectivity index (χ2n) is 2.52. The molecule has 0 saturated heterocycles. The Morgan fingerprint density at radius 2 is 2.25 bits per heavy atom. The van der Waals surface area contributed by atoms with E-state index in [1.165, 1.54) is 0 Å². The zero-order chi connectivity index (χ0) is 9.40. The van der Waals surface area contributed by atoms with Crippen LogP contribution in [-0.2, 0) is 4.79 Å². The molecule has 0 radical (unpaired) electrons. The van der Waals surface area contributed by atoms with Crippen LogP contribution in [0.3, 0.4) is 0 Å². The first-order valence-corrected chi connectivity index (χ1v) is 4.89. The number of hydrogen-bond donors (Lipinski definition) is 2. The number of aliphatic hydroxyl groups excluding tert-OH is 1. The lowest BCUT2D eigenvalue weighted by Crippen LogP contribution is -2.32. The first-order chi connectivity index (χ1) is 5.76. The molecule has 1 N–H and O–H groups in total. The second kappa shape index (κ2) is 7.43. The van der Waals surface area contributed by atoms with Crippen molar-refractivity contribution in [2.75, 3.05) is 25.4 Å². The van der Waals surface area contributed by atoms with Gasteiger partial charge in [-0.25, -0.2) is 0 Å². The van der Waals surface area contributed by atoms with Crippen molar-refractivity contribution in [2.24, 2.45) is 0 Å². The third-order valence-electron chi connectivity index (χ3n) is 1.65. The van der Waals surface area contributed by atoms with Crippen LogP contribution < -0.4 is 0 Å². The summed E-state index contributed by atoms with van der Waals surface area (Å²) in [4.78, 5) is 13.0. The molecule has 0 bridgehead atoms. The lowest BCUT2D eigenvalue weighted by molar-refractivity contribution is -0.130. The third kappa shape index (κ3) is 4.62. The number of thiol groups is 1. The smallest absolute Gasteiger partial charge is 0.223 e. The maximum Gasteiger partial charge on any atom is 0.223 e. The van der Waals surface area contributed by atoms with E-state index in [-0.39, 0.29) is 12.5 Å². The SMILES string of the molecule is CCN(CCCO)C(=O)CCS. The molecular formula is C8H17NO2S. The van der Waals surface area contributed by atoms with Gasteiger partial charge in [0.1, 0.15) is 0 Å². The standard InChI is InChI=1S/C8H17NO2S/c1-2-9(5-3-6-10)8(11)4-7-12/h10,12H,2-7H2,1H3. The lowest BCUT2D eigenvalue weighted by Gasteiger charge is -2.19. The zero-order valence-electron chi connectivity index (χ0n) is 7.49. The summed E-state index contributed by atoms with van der Waals surface area (Å²) in [5.74, 6) is 0.718. The van der Waals surface area contributed by atoms with Crippen molar-refractivity contribution in [1.82, 2.24) is 4.90 Å². The molecule has 72 valence electrons. The van der Waals surface area contributed by atoms with Crippen LogP contribution in [0.4, 0.5) is 0 Å². The minimum atomic E-state index is 0.126. The molecule has 0 aromatic heterocycles. The molecule has 0 unspecified atom stereocenters. The maximum absolute atomic E-state index is 11.3. The van der Waals surface area contributed by atoms with Crippen LogP contribution in [0.2, 0.25) is 0 Å². The van der Waals surface area contributed by atoms with Gasteiger partial charge in [0.2, 0.25) is 5.91 Å². The number of rotatable bonds is 6. The number of hydrogen-bond acceptors (Lipinski definition) is 3. The Balaban J connectivity index is 3.71. The molecule has 0 saturated carbocycles. The first kappa shape index (κ1) is 11.8. The maximum atomic E-state index is 11.3. The molecule has 12 heavy (non-hydrogen) atoms. The second-order valence-corrected chi connectivity index (χ2v) is 2.97. The molecule has 0 fully saturated rings. The van der Waals surface area contributed by atoms with Gasteiger partial charge in [-0.3, -0.25) is 4.79 Å². The van der Waals surface area contributed by atoms with E-state index < -0.39 is 0 Å². The largest absolute Gasteiger partial charge is 0.396 e. The molecule has 1 amide bonds. The van der Waals surface area contributed by atoms with Gasteiger partial charge in [0.15, 0.2) is 0 Å². The molecule has 0 heterocycles. The fourth-order valence-corrected chi connectivity index (χ4v) is 1.17. The minimum absolute atomic E-state index is 0.126. The van der Waals surface area contributed by atoms with Crippen molar-refractivity contribution >= 4 is 18.5 Å². The van der Waals surface area contributed by atoms with Crippen LogP contribution >= 0.6 is 12.6 Å². The Hall–Kier alpha value is -0.220. The minimum Gasteiger partial charge on any atom is -0.396 e. The summed E-state index contributed by atoms with van der Waals surface area (Å²) >= 11 is 3.99. The number of nitrogens with zero attached hydrogens (tertiary/aromatic N) is 1. The van der Waals surface area contributed by atoms with Crippen molar-refractivity contribution < 1.29 is 9.90 Å². The van der Waals surface area contributed by atoms with E-state index in [0.717, 1.165) is 0 Å².